The number of carbonyl (C=O) groups excluding carboxylic acids is 6. The highest BCUT2D eigenvalue weighted by Gasteiger charge is 2.37. The molecule has 0 bridgehead atoms. The van der Waals surface area contributed by atoms with Crippen LogP contribution in [0.1, 0.15) is 61.3 Å². The second-order valence-corrected chi connectivity index (χ2v) is 11.4. The molecule has 18 nitrogen and oxygen atoms in total. The molecule has 13 N–H and O–H groups in total. The molecule has 0 aromatic rings. The SMILES string of the molecule is CCC(C)C(N)C(=O)N[C@H](C(=O)N[C@H](C(=O)N[C@@H](CC(N)=O)C(=O)N[C@H](C(=O)N[C@H](C(=O)O)C(C)O)C(C)O)C(C)O)C(C)C. The molecule has 0 radical (unpaired) electrons. The smallest absolute Gasteiger partial charge is 0.328 e. The van der Waals surface area contributed by atoms with Crippen LogP contribution in [-0.4, -0.2) is 116 Å². The Kier molecular flexibility index (Phi) is 17.2. The van der Waals surface area contributed by atoms with Gasteiger partial charge in [-0.05, 0) is 32.6 Å². The number of aliphatic hydroxyl groups excluding tert-OH is 3. The van der Waals surface area contributed by atoms with Gasteiger partial charge in [0, 0.05) is 0 Å². The van der Waals surface area contributed by atoms with Gasteiger partial charge in [0.15, 0.2) is 6.04 Å². The normalized spacial score (nSPS) is 18.0. The van der Waals surface area contributed by atoms with E-state index in [9.17, 15) is 54.0 Å². The lowest BCUT2D eigenvalue weighted by atomic mass is 9.97. The van der Waals surface area contributed by atoms with Crippen molar-refractivity contribution >= 4 is 41.4 Å². The number of nitrogens with two attached hydrogens (primary N) is 2. The molecule has 258 valence electrons. The predicted octanol–water partition coefficient (Wildman–Crippen LogP) is -4.46. The maximum Gasteiger partial charge on any atom is 0.328 e. The molecule has 5 unspecified atom stereocenters. The van der Waals surface area contributed by atoms with Crippen LogP contribution >= 0.6 is 0 Å². The molecule has 0 rings (SSSR count). The van der Waals surface area contributed by atoms with Gasteiger partial charge in [-0.25, -0.2) is 4.79 Å². The standard InChI is InChI=1S/C27H49N7O11/c1-8-11(4)17(29)23(40)31-18(10(2)3)24(41)33-19(12(5)35)25(42)30-15(9-16(28)38)22(39)32-20(13(6)36)26(43)34-21(14(7)37)27(44)45/h10-15,17-21,35-37H,8-9,29H2,1-7H3,(H2,28,38)(H,30,42)(H,31,40)(H,32,39)(H,33,41)(H,34,43)(H,44,45)/t11?,12?,13?,14?,15-,17?,18-,19-,20-,21-/m0/s1. The quantitative estimate of drug-likeness (QED) is 0.0632. The molecule has 0 aromatic carbocycles. The Bertz CT molecular complexity index is 1070. The van der Waals surface area contributed by atoms with Crippen molar-refractivity contribution in [2.45, 2.75) is 116 Å². The van der Waals surface area contributed by atoms with Gasteiger partial charge in [-0.2, -0.15) is 0 Å². The summed E-state index contributed by atoms with van der Waals surface area (Å²) in [6.07, 6.45) is -4.95. The Morgan fingerprint density at radius 3 is 1.36 bits per heavy atom. The third-order valence-electron chi connectivity index (χ3n) is 7.02. The summed E-state index contributed by atoms with van der Waals surface area (Å²) in [5.74, 6) is -8.39. The number of aliphatic hydroxyl groups is 3. The number of aliphatic carboxylic acids is 1. The van der Waals surface area contributed by atoms with Gasteiger partial charge in [0.25, 0.3) is 0 Å². The number of rotatable bonds is 19. The summed E-state index contributed by atoms with van der Waals surface area (Å²) in [7, 11) is 0. The summed E-state index contributed by atoms with van der Waals surface area (Å²) in [6.45, 7) is 10.2. The van der Waals surface area contributed by atoms with E-state index < -0.39 is 108 Å². The first kappa shape index (κ1) is 41.1. The molecule has 0 aliphatic rings. The van der Waals surface area contributed by atoms with Crippen molar-refractivity contribution in [1.29, 1.82) is 0 Å². The average Bonchev–Trinajstić information content (AvgIpc) is 2.92. The van der Waals surface area contributed by atoms with Crippen LogP contribution in [0.4, 0.5) is 0 Å². The lowest BCUT2D eigenvalue weighted by Crippen LogP contribution is -2.63. The maximum absolute atomic E-state index is 13.2. The first-order chi connectivity index (χ1) is 20.7. The van der Waals surface area contributed by atoms with E-state index in [0.717, 1.165) is 20.8 Å². The highest BCUT2D eigenvalue weighted by atomic mass is 16.4. The highest BCUT2D eigenvalue weighted by Crippen LogP contribution is 2.09. The van der Waals surface area contributed by atoms with Crippen molar-refractivity contribution in [2.24, 2.45) is 23.3 Å². The zero-order valence-corrected chi connectivity index (χ0v) is 26.6. The highest BCUT2D eigenvalue weighted by molar-refractivity contribution is 5.98. The zero-order valence-electron chi connectivity index (χ0n) is 26.6. The first-order valence-corrected chi connectivity index (χ1v) is 14.5. The number of carboxylic acid groups (broad SMARTS) is 1. The second kappa shape index (κ2) is 18.8. The molecule has 0 heterocycles. The Morgan fingerprint density at radius 2 is 0.978 bits per heavy atom. The van der Waals surface area contributed by atoms with Crippen molar-refractivity contribution < 1.29 is 54.0 Å². The van der Waals surface area contributed by atoms with Crippen molar-refractivity contribution in [3.8, 4) is 0 Å². The number of nitrogens with one attached hydrogen (secondary N) is 5. The molecule has 0 aliphatic carbocycles. The third kappa shape index (κ3) is 13.3. The minimum absolute atomic E-state index is 0.193. The third-order valence-corrected chi connectivity index (χ3v) is 7.02. The minimum atomic E-state index is -1.81. The van der Waals surface area contributed by atoms with Crippen LogP contribution in [0.25, 0.3) is 0 Å². The van der Waals surface area contributed by atoms with Crippen LogP contribution in [0.3, 0.4) is 0 Å². The van der Waals surface area contributed by atoms with Gasteiger partial charge in [0.05, 0.1) is 30.8 Å². The Labute approximate surface area is 261 Å². The number of hydrogen-bond acceptors (Lipinski definition) is 11. The van der Waals surface area contributed by atoms with E-state index in [2.05, 4.69) is 21.3 Å². The van der Waals surface area contributed by atoms with E-state index in [4.69, 9.17) is 11.5 Å². The van der Waals surface area contributed by atoms with Gasteiger partial charge in [0.2, 0.25) is 35.4 Å². The Hall–Kier alpha value is -3.87. The fraction of sp³-hybridized carbons (Fsp3) is 0.741. The van der Waals surface area contributed by atoms with Crippen LogP contribution in [-0.2, 0) is 33.6 Å². The largest absolute Gasteiger partial charge is 0.480 e. The lowest BCUT2D eigenvalue weighted by Gasteiger charge is -2.29. The summed E-state index contributed by atoms with van der Waals surface area (Å²) in [4.78, 5) is 87.7. The topological polar surface area (TPSA) is 313 Å². The molecule has 0 fully saturated rings. The number of hydrogen-bond donors (Lipinski definition) is 11. The summed E-state index contributed by atoms with van der Waals surface area (Å²) in [6, 6.07) is -9.19. The molecular weight excluding hydrogens is 598 g/mol. The second-order valence-electron chi connectivity index (χ2n) is 11.4. The van der Waals surface area contributed by atoms with Crippen LogP contribution in [0.5, 0.6) is 0 Å². The molecule has 0 spiro atoms. The molecule has 6 amide bonds. The number of carbonyl (C=O) groups is 7. The zero-order chi connectivity index (χ0) is 35.3. The summed E-state index contributed by atoms with van der Waals surface area (Å²) < 4.78 is 0. The molecule has 0 aromatic heterocycles. The first-order valence-electron chi connectivity index (χ1n) is 14.5. The average molecular weight is 648 g/mol. The fourth-order valence-corrected chi connectivity index (χ4v) is 3.91. The number of primary amides is 1. The predicted molar refractivity (Wildman–Crippen MR) is 158 cm³/mol. The van der Waals surface area contributed by atoms with Crippen molar-refractivity contribution in [2.75, 3.05) is 0 Å². The number of carboxylic acids is 1. The van der Waals surface area contributed by atoms with Crippen LogP contribution in [0, 0.1) is 11.8 Å². The Balaban J connectivity index is 5.96. The molecule has 45 heavy (non-hydrogen) atoms. The fourth-order valence-electron chi connectivity index (χ4n) is 3.91. The van der Waals surface area contributed by atoms with Crippen LogP contribution in [0.2, 0.25) is 0 Å². The molecule has 0 saturated heterocycles. The van der Waals surface area contributed by atoms with E-state index in [1.54, 1.807) is 20.8 Å². The number of amides is 6. The van der Waals surface area contributed by atoms with Gasteiger partial charge in [-0.1, -0.05) is 34.1 Å². The van der Waals surface area contributed by atoms with Gasteiger partial charge < -0.3 is 58.5 Å². The van der Waals surface area contributed by atoms with E-state index in [-0.39, 0.29) is 5.92 Å². The monoisotopic (exact) mass is 647 g/mol. The molecule has 0 saturated carbocycles. The molecule has 18 heteroatoms. The van der Waals surface area contributed by atoms with E-state index in [1.807, 2.05) is 12.2 Å². The molecule has 0 aliphatic heterocycles. The van der Waals surface area contributed by atoms with E-state index >= 15 is 0 Å². The maximum atomic E-state index is 13.2. The Morgan fingerprint density at radius 1 is 0.600 bits per heavy atom. The summed E-state index contributed by atoms with van der Waals surface area (Å²) in [5.41, 5.74) is 11.2. The van der Waals surface area contributed by atoms with Gasteiger partial charge >= 0.3 is 5.97 Å². The lowest BCUT2D eigenvalue weighted by molar-refractivity contribution is -0.146. The molecular formula is C27H49N7O11. The van der Waals surface area contributed by atoms with Crippen LogP contribution in [0.15, 0.2) is 0 Å². The van der Waals surface area contributed by atoms with Gasteiger partial charge in [-0.15, -0.1) is 0 Å². The van der Waals surface area contributed by atoms with Crippen molar-refractivity contribution in [1.82, 2.24) is 26.6 Å². The van der Waals surface area contributed by atoms with Crippen molar-refractivity contribution in [3.63, 3.8) is 0 Å². The van der Waals surface area contributed by atoms with Gasteiger partial charge in [-0.3, -0.25) is 28.8 Å². The van der Waals surface area contributed by atoms with Gasteiger partial charge in [0.1, 0.15) is 24.2 Å². The van der Waals surface area contributed by atoms with Crippen LogP contribution < -0.4 is 38.1 Å². The van der Waals surface area contributed by atoms with E-state index in [1.165, 1.54) is 0 Å². The van der Waals surface area contributed by atoms with Crippen molar-refractivity contribution in [3.05, 3.63) is 0 Å². The summed E-state index contributed by atoms with van der Waals surface area (Å²) in [5, 5.41) is 50.3. The minimum Gasteiger partial charge on any atom is -0.480 e. The van der Waals surface area contributed by atoms with E-state index in [0.29, 0.717) is 6.42 Å². The molecule has 10 atom stereocenters. The summed E-state index contributed by atoms with van der Waals surface area (Å²) >= 11 is 0.